The molecule has 0 saturated heterocycles. The maximum Gasteiger partial charge on any atom is 0.394 e. The van der Waals surface area contributed by atoms with E-state index in [9.17, 15) is 4.79 Å². The van der Waals surface area contributed by atoms with Crippen LogP contribution in [0.25, 0.3) is 11.4 Å². The van der Waals surface area contributed by atoms with Gasteiger partial charge in [0.15, 0.2) is 11.5 Å². The lowest BCUT2D eigenvalue weighted by Crippen LogP contribution is -2.15. The summed E-state index contributed by atoms with van der Waals surface area (Å²) >= 11 is 0. The maximum absolute atomic E-state index is 10.6. The van der Waals surface area contributed by atoms with Gasteiger partial charge >= 0.3 is 11.9 Å². The van der Waals surface area contributed by atoms with E-state index >= 15 is 0 Å². The summed E-state index contributed by atoms with van der Waals surface area (Å²) in [5.41, 5.74) is 0.607. The summed E-state index contributed by atoms with van der Waals surface area (Å²) in [4.78, 5) is 14.4. The molecule has 1 aliphatic rings. The standard InChI is InChI=1S/C11H8N2O5/c14-11(15)10-12-9(13-18-10)6-1-2-7-8(5-6)17-4-3-16-7/h1-2,5H,3-4H2,(H,14,15). The molecule has 0 unspecified atom stereocenters. The average Bonchev–Trinajstić information content (AvgIpc) is 2.88. The Morgan fingerprint density at radius 3 is 2.72 bits per heavy atom. The summed E-state index contributed by atoms with van der Waals surface area (Å²) in [6.07, 6.45) is 0. The van der Waals surface area contributed by atoms with Crippen molar-refractivity contribution in [2.75, 3.05) is 13.2 Å². The Bertz CT molecular complexity index is 607. The van der Waals surface area contributed by atoms with Crippen molar-refractivity contribution >= 4 is 5.97 Å². The Hall–Kier alpha value is -2.57. The fourth-order valence-corrected chi connectivity index (χ4v) is 1.61. The highest BCUT2D eigenvalue weighted by Crippen LogP contribution is 2.33. The molecule has 92 valence electrons. The second-order valence-electron chi connectivity index (χ2n) is 3.59. The normalized spacial score (nSPS) is 13.3. The second kappa shape index (κ2) is 4.02. The van der Waals surface area contributed by atoms with Crippen LogP contribution in [0.2, 0.25) is 0 Å². The number of carboxylic acids is 1. The van der Waals surface area contributed by atoms with Gasteiger partial charge in [-0.05, 0) is 18.2 Å². The third-order valence-electron chi connectivity index (χ3n) is 2.41. The predicted molar refractivity (Wildman–Crippen MR) is 57.7 cm³/mol. The number of hydrogen-bond donors (Lipinski definition) is 1. The van der Waals surface area contributed by atoms with Crippen molar-refractivity contribution in [3.8, 4) is 22.9 Å². The average molecular weight is 248 g/mol. The number of nitrogens with zero attached hydrogens (tertiary/aromatic N) is 2. The monoisotopic (exact) mass is 248 g/mol. The Morgan fingerprint density at radius 2 is 2.00 bits per heavy atom. The zero-order valence-electron chi connectivity index (χ0n) is 9.12. The van der Waals surface area contributed by atoms with E-state index in [0.29, 0.717) is 30.3 Å². The number of carbonyl (C=O) groups is 1. The number of fused-ring (bicyclic) bond motifs is 1. The van der Waals surface area contributed by atoms with Crippen LogP contribution in [0.5, 0.6) is 11.5 Å². The molecule has 0 saturated carbocycles. The Morgan fingerprint density at radius 1 is 1.22 bits per heavy atom. The first-order chi connectivity index (χ1) is 8.74. The molecule has 1 aliphatic heterocycles. The van der Waals surface area contributed by atoms with Crippen molar-refractivity contribution in [2.24, 2.45) is 0 Å². The molecule has 7 heteroatoms. The van der Waals surface area contributed by atoms with Gasteiger partial charge in [-0.2, -0.15) is 4.98 Å². The number of aromatic carboxylic acids is 1. The number of carboxylic acid groups (broad SMARTS) is 1. The van der Waals surface area contributed by atoms with E-state index < -0.39 is 11.9 Å². The first-order valence-corrected chi connectivity index (χ1v) is 5.21. The van der Waals surface area contributed by atoms with Gasteiger partial charge in [0.25, 0.3) is 0 Å². The summed E-state index contributed by atoms with van der Waals surface area (Å²) in [5, 5.41) is 12.3. The molecule has 7 nitrogen and oxygen atoms in total. The second-order valence-corrected chi connectivity index (χ2v) is 3.59. The quantitative estimate of drug-likeness (QED) is 0.853. The fourth-order valence-electron chi connectivity index (χ4n) is 1.61. The van der Waals surface area contributed by atoms with Gasteiger partial charge in [0.1, 0.15) is 13.2 Å². The van der Waals surface area contributed by atoms with Crippen molar-refractivity contribution in [1.29, 1.82) is 0 Å². The van der Waals surface area contributed by atoms with Crippen molar-refractivity contribution < 1.29 is 23.9 Å². The molecule has 1 N–H and O–H groups in total. The van der Waals surface area contributed by atoms with E-state index in [1.165, 1.54) is 0 Å². The van der Waals surface area contributed by atoms with E-state index in [0.717, 1.165) is 0 Å². The lowest BCUT2D eigenvalue weighted by molar-refractivity contribution is 0.0643. The summed E-state index contributed by atoms with van der Waals surface area (Å²) in [6.45, 7) is 0.987. The third-order valence-corrected chi connectivity index (χ3v) is 2.41. The molecule has 0 atom stereocenters. The highest BCUT2D eigenvalue weighted by atomic mass is 16.6. The number of aromatic nitrogens is 2. The summed E-state index contributed by atoms with van der Waals surface area (Å²) in [7, 11) is 0. The molecule has 3 rings (SSSR count). The van der Waals surface area contributed by atoms with Crippen LogP contribution >= 0.6 is 0 Å². The van der Waals surface area contributed by atoms with Crippen molar-refractivity contribution in [1.82, 2.24) is 10.1 Å². The Balaban J connectivity index is 1.98. The zero-order valence-corrected chi connectivity index (χ0v) is 9.12. The molecule has 0 radical (unpaired) electrons. The van der Waals surface area contributed by atoms with E-state index in [1.807, 2.05) is 0 Å². The van der Waals surface area contributed by atoms with E-state index in [4.69, 9.17) is 14.6 Å². The molecule has 1 aromatic carbocycles. The molecule has 2 aromatic rings. The van der Waals surface area contributed by atoms with E-state index in [2.05, 4.69) is 14.7 Å². The van der Waals surface area contributed by atoms with Gasteiger partial charge in [-0.1, -0.05) is 5.16 Å². The van der Waals surface area contributed by atoms with E-state index in [1.54, 1.807) is 18.2 Å². The smallest absolute Gasteiger partial charge is 0.394 e. The van der Waals surface area contributed by atoms with Crippen LogP contribution in [0.1, 0.15) is 10.7 Å². The fraction of sp³-hybridized carbons (Fsp3) is 0.182. The summed E-state index contributed by atoms with van der Waals surface area (Å²) in [5.74, 6) is -0.275. The van der Waals surface area contributed by atoms with Gasteiger partial charge < -0.3 is 19.1 Å². The van der Waals surface area contributed by atoms with Crippen LogP contribution in [0.15, 0.2) is 22.7 Å². The largest absolute Gasteiger partial charge is 0.486 e. The Labute approximate surface area is 101 Å². The highest BCUT2D eigenvalue weighted by Gasteiger charge is 2.17. The van der Waals surface area contributed by atoms with Crippen LogP contribution in [-0.2, 0) is 0 Å². The van der Waals surface area contributed by atoms with Crippen molar-refractivity contribution in [3.63, 3.8) is 0 Å². The Kier molecular flexibility index (Phi) is 2.36. The molecule has 0 amide bonds. The van der Waals surface area contributed by atoms with Crippen LogP contribution in [0, 0.1) is 0 Å². The van der Waals surface area contributed by atoms with Crippen LogP contribution in [-0.4, -0.2) is 34.4 Å². The minimum absolute atomic E-state index is 0.198. The molecule has 18 heavy (non-hydrogen) atoms. The lowest BCUT2D eigenvalue weighted by atomic mass is 10.2. The van der Waals surface area contributed by atoms with Gasteiger partial charge in [-0.15, -0.1) is 0 Å². The van der Waals surface area contributed by atoms with Crippen LogP contribution in [0.3, 0.4) is 0 Å². The summed E-state index contributed by atoms with van der Waals surface area (Å²) < 4.78 is 15.4. The van der Waals surface area contributed by atoms with Gasteiger partial charge in [-0.3, -0.25) is 0 Å². The molecular formula is C11H8N2O5. The van der Waals surface area contributed by atoms with Crippen molar-refractivity contribution in [3.05, 3.63) is 24.1 Å². The first kappa shape index (κ1) is 10.6. The maximum atomic E-state index is 10.6. The SMILES string of the molecule is O=C(O)c1nc(-c2ccc3c(c2)OCCO3)no1. The van der Waals surface area contributed by atoms with Gasteiger partial charge in [0.2, 0.25) is 5.82 Å². The van der Waals surface area contributed by atoms with Gasteiger partial charge in [0, 0.05) is 5.56 Å². The van der Waals surface area contributed by atoms with E-state index in [-0.39, 0.29) is 5.82 Å². The third kappa shape index (κ3) is 1.75. The first-order valence-electron chi connectivity index (χ1n) is 5.21. The number of rotatable bonds is 2. The minimum atomic E-state index is -1.26. The molecule has 0 spiro atoms. The molecule has 0 bridgehead atoms. The predicted octanol–water partition coefficient (Wildman–Crippen LogP) is 1.21. The van der Waals surface area contributed by atoms with Crippen molar-refractivity contribution in [2.45, 2.75) is 0 Å². The highest BCUT2D eigenvalue weighted by molar-refractivity contribution is 5.82. The minimum Gasteiger partial charge on any atom is -0.486 e. The van der Waals surface area contributed by atoms with Gasteiger partial charge in [0.05, 0.1) is 0 Å². The molecule has 0 aliphatic carbocycles. The lowest BCUT2D eigenvalue weighted by Gasteiger charge is -2.18. The topological polar surface area (TPSA) is 94.7 Å². The van der Waals surface area contributed by atoms with Crippen LogP contribution < -0.4 is 9.47 Å². The number of benzene rings is 1. The molecule has 2 heterocycles. The van der Waals surface area contributed by atoms with Gasteiger partial charge in [-0.25, -0.2) is 4.79 Å². The molecular weight excluding hydrogens is 240 g/mol. The number of hydrogen-bond acceptors (Lipinski definition) is 6. The molecule has 0 fully saturated rings. The van der Waals surface area contributed by atoms with Crippen LogP contribution in [0.4, 0.5) is 0 Å². The summed E-state index contributed by atoms with van der Waals surface area (Å²) in [6, 6.07) is 5.12. The molecule has 1 aromatic heterocycles. The number of ether oxygens (including phenoxy) is 2. The zero-order chi connectivity index (χ0) is 12.5.